The number of nitrogens with two attached hydrogens (primary N) is 2. The van der Waals surface area contributed by atoms with E-state index in [2.05, 4.69) is 26.0 Å². The molecule has 2 unspecified atom stereocenters. The average molecular weight is 192 g/mol. The molecule has 0 spiro atoms. The second kappa shape index (κ2) is 5.13. The first-order valence-corrected chi connectivity index (χ1v) is 5.17. The summed E-state index contributed by atoms with van der Waals surface area (Å²) < 4.78 is 0. The van der Waals surface area contributed by atoms with Crippen molar-refractivity contribution in [2.24, 2.45) is 23.3 Å². The molecule has 4 N–H and O–H groups in total. The quantitative estimate of drug-likeness (QED) is 0.765. The van der Waals surface area contributed by atoms with Crippen LogP contribution in [-0.2, 0) is 0 Å². The van der Waals surface area contributed by atoms with Crippen LogP contribution < -0.4 is 11.5 Å². The van der Waals surface area contributed by atoms with Crippen molar-refractivity contribution >= 4 is 0 Å². The maximum Gasteiger partial charge on any atom is 0.0338 e. The maximum absolute atomic E-state index is 6.17. The van der Waals surface area contributed by atoms with Crippen LogP contribution in [0.4, 0.5) is 0 Å². The van der Waals surface area contributed by atoms with E-state index in [1.807, 2.05) is 18.2 Å². The van der Waals surface area contributed by atoms with Crippen LogP contribution in [0, 0.1) is 11.8 Å². The molecular weight excluding hydrogens is 172 g/mol. The Balaban J connectivity index is 2.78. The van der Waals surface area contributed by atoms with E-state index in [1.165, 1.54) is 5.56 Å². The fourth-order valence-corrected chi connectivity index (χ4v) is 1.76. The molecule has 0 amide bonds. The summed E-state index contributed by atoms with van der Waals surface area (Å²) >= 11 is 0. The highest BCUT2D eigenvalue weighted by Gasteiger charge is 2.20. The van der Waals surface area contributed by atoms with E-state index in [4.69, 9.17) is 11.5 Å². The van der Waals surface area contributed by atoms with Crippen LogP contribution in [-0.4, -0.2) is 6.54 Å². The molecular formula is C12H20N2. The van der Waals surface area contributed by atoms with Gasteiger partial charge >= 0.3 is 0 Å². The van der Waals surface area contributed by atoms with Crippen molar-refractivity contribution in [3.05, 3.63) is 35.9 Å². The highest BCUT2D eigenvalue weighted by atomic mass is 14.7. The molecule has 0 aliphatic rings. The van der Waals surface area contributed by atoms with Gasteiger partial charge in [-0.05, 0) is 23.9 Å². The van der Waals surface area contributed by atoms with Crippen molar-refractivity contribution in [1.29, 1.82) is 0 Å². The molecule has 0 aliphatic heterocycles. The fraction of sp³-hybridized carbons (Fsp3) is 0.500. The molecule has 0 fully saturated rings. The monoisotopic (exact) mass is 192 g/mol. The Morgan fingerprint density at radius 3 is 2.14 bits per heavy atom. The summed E-state index contributed by atoms with van der Waals surface area (Å²) in [5.74, 6) is 0.882. The number of benzene rings is 1. The fourth-order valence-electron chi connectivity index (χ4n) is 1.76. The van der Waals surface area contributed by atoms with Crippen molar-refractivity contribution in [3.63, 3.8) is 0 Å². The second-order valence-corrected chi connectivity index (χ2v) is 4.08. The first-order chi connectivity index (χ1) is 6.66. The molecule has 0 heterocycles. The summed E-state index contributed by atoms with van der Waals surface area (Å²) in [4.78, 5) is 0. The van der Waals surface area contributed by atoms with Crippen molar-refractivity contribution in [2.75, 3.05) is 6.54 Å². The normalized spacial score (nSPS) is 15.5. The molecule has 0 saturated carbocycles. The topological polar surface area (TPSA) is 52.0 Å². The Morgan fingerprint density at radius 1 is 1.14 bits per heavy atom. The summed E-state index contributed by atoms with van der Waals surface area (Å²) in [5, 5.41) is 0. The van der Waals surface area contributed by atoms with Gasteiger partial charge in [-0.3, -0.25) is 0 Å². The molecule has 1 rings (SSSR count). The van der Waals surface area contributed by atoms with Gasteiger partial charge in [0.1, 0.15) is 0 Å². The van der Waals surface area contributed by atoms with Crippen LogP contribution in [0.3, 0.4) is 0 Å². The van der Waals surface area contributed by atoms with E-state index in [-0.39, 0.29) is 6.04 Å². The number of rotatable bonds is 4. The zero-order valence-corrected chi connectivity index (χ0v) is 8.98. The van der Waals surface area contributed by atoms with Gasteiger partial charge in [-0.15, -0.1) is 0 Å². The minimum Gasteiger partial charge on any atom is -0.330 e. The first kappa shape index (κ1) is 11.2. The lowest BCUT2D eigenvalue weighted by Gasteiger charge is -2.26. The smallest absolute Gasteiger partial charge is 0.0338 e. The Hall–Kier alpha value is -0.860. The molecule has 0 aliphatic carbocycles. The third-order valence-corrected chi connectivity index (χ3v) is 2.77. The zero-order valence-electron chi connectivity index (χ0n) is 8.98. The number of hydrogen-bond donors (Lipinski definition) is 2. The minimum absolute atomic E-state index is 0.0567. The Bertz CT molecular complexity index is 256. The molecule has 0 aromatic heterocycles. The van der Waals surface area contributed by atoms with Gasteiger partial charge in [0, 0.05) is 6.04 Å². The van der Waals surface area contributed by atoms with Gasteiger partial charge in [-0.25, -0.2) is 0 Å². The third kappa shape index (κ3) is 2.56. The van der Waals surface area contributed by atoms with Crippen LogP contribution in [0.1, 0.15) is 25.5 Å². The molecule has 2 heteroatoms. The van der Waals surface area contributed by atoms with Gasteiger partial charge in [0.2, 0.25) is 0 Å². The molecule has 0 radical (unpaired) electrons. The molecule has 0 saturated heterocycles. The summed E-state index contributed by atoms with van der Waals surface area (Å²) in [6, 6.07) is 10.2. The minimum atomic E-state index is 0.0567. The molecule has 78 valence electrons. The summed E-state index contributed by atoms with van der Waals surface area (Å²) in [5.41, 5.74) is 13.1. The molecule has 1 aromatic carbocycles. The van der Waals surface area contributed by atoms with E-state index in [9.17, 15) is 0 Å². The standard InChI is InChI=1S/C12H20N2/c1-9(2)11(8-13)12(14)10-6-4-3-5-7-10/h3-7,9,11-12H,8,13-14H2,1-2H3. The molecule has 0 bridgehead atoms. The van der Waals surface area contributed by atoms with Gasteiger partial charge in [0.25, 0.3) is 0 Å². The SMILES string of the molecule is CC(C)C(CN)C(N)c1ccccc1. The Morgan fingerprint density at radius 2 is 1.71 bits per heavy atom. The van der Waals surface area contributed by atoms with Gasteiger partial charge in [0.15, 0.2) is 0 Å². The molecule has 2 nitrogen and oxygen atoms in total. The predicted octanol–water partition coefficient (Wildman–Crippen LogP) is 1.92. The summed E-state index contributed by atoms with van der Waals surface area (Å²) in [7, 11) is 0. The Kier molecular flexibility index (Phi) is 4.11. The van der Waals surface area contributed by atoms with Gasteiger partial charge < -0.3 is 11.5 Å². The Labute approximate surface area is 86.3 Å². The molecule has 1 aromatic rings. The largest absolute Gasteiger partial charge is 0.330 e. The third-order valence-electron chi connectivity index (χ3n) is 2.77. The van der Waals surface area contributed by atoms with E-state index >= 15 is 0 Å². The van der Waals surface area contributed by atoms with E-state index in [0.717, 1.165) is 0 Å². The average Bonchev–Trinajstić information content (AvgIpc) is 2.19. The van der Waals surface area contributed by atoms with E-state index < -0.39 is 0 Å². The van der Waals surface area contributed by atoms with E-state index in [1.54, 1.807) is 0 Å². The number of hydrogen-bond acceptors (Lipinski definition) is 2. The van der Waals surface area contributed by atoms with Crippen molar-refractivity contribution in [2.45, 2.75) is 19.9 Å². The first-order valence-electron chi connectivity index (χ1n) is 5.17. The van der Waals surface area contributed by atoms with Gasteiger partial charge in [-0.2, -0.15) is 0 Å². The van der Waals surface area contributed by atoms with Gasteiger partial charge in [-0.1, -0.05) is 44.2 Å². The lowest BCUT2D eigenvalue weighted by molar-refractivity contribution is 0.331. The second-order valence-electron chi connectivity index (χ2n) is 4.08. The highest BCUT2D eigenvalue weighted by Crippen LogP contribution is 2.24. The summed E-state index contributed by atoms with van der Waals surface area (Å²) in [6.45, 7) is 4.98. The van der Waals surface area contributed by atoms with Crippen LogP contribution in [0.5, 0.6) is 0 Å². The van der Waals surface area contributed by atoms with Crippen LogP contribution in [0.25, 0.3) is 0 Å². The van der Waals surface area contributed by atoms with E-state index in [0.29, 0.717) is 18.4 Å². The van der Waals surface area contributed by atoms with Crippen molar-refractivity contribution < 1.29 is 0 Å². The van der Waals surface area contributed by atoms with Crippen LogP contribution >= 0.6 is 0 Å². The van der Waals surface area contributed by atoms with Crippen molar-refractivity contribution in [3.8, 4) is 0 Å². The van der Waals surface area contributed by atoms with Crippen molar-refractivity contribution in [1.82, 2.24) is 0 Å². The lowest BCUT2D eigenvalue weighted by atomic mass is 9.85. The molecule has 2 atom stereocenters. The van der Waals surface area contributed by atoms with Crippen LogP contribution in [0.15, 0.2) is 30.3 Å². The van der Waals surface area contributed by atoms with Crippen LogP contribution in [0.2, 0.25) is 0 Å². The zero-order chi connectivity index (χ0) is 10.6. The maximum atomic E-state index is 6.17. The van der Waals surface area contributed by atoms with Gasteiger partial charge in [0.05, 0.1) is 0 Å². The summed E-state index contributed by atoms with van der Waals surface area (Å²) in [6.07, 6.45) is 0. The highest BCUT2D eigenvalue weighted by molar-refractivity contribution is 5.19. The molecule has 14 heavy (non-hydrogen) atoms. The predicted molar refractivity (Wildman–Crippen MR) is 60.8 cm³/mol. The lowest BCUT2D eigenvalue weighted by Crippen LogP contribution is -2.31.